The quantitative estimate of drug-likeness (QED) is 0.430. The van der Waals surface area contributed by atoms with Crippen LogP contribution in [0.25, 0.3) is 0 Å². The standard InChI is InChI=1S/C21H31NO10/c1-11(23)28-10-16-18(29-12(2)24)19(30-13(3)25)17(21(32-16)31-14(4)26)22-20(27)15-8-6-5-7-9-15/h15-19,21H,5-10H2,1-4H3,(H,22,27)/t16?,17-,18-,19+,21?/m0/s1. The van der Waals surface area contributed by atoms with Crippen LogP contribution in [-0.2, 0) is 47.7 Å². The lowest BCUT2D eigenvalue weighted by molar-refractivity contribution is -0.271. The average Bonchev–Trinajstić information content (AvgIpc) is 2.70. The van der Waals surface area contributed by atoms with E-state index in [2.05, 4.69) is 5.32 Å². The van der Waals surface area contributed by atoms with Gasteiger partial charge < -0.3 is 29.0 Å². The number of ether oxygens (including phenoxy) is 5. The van der Waals surface area contributed by atoms with Gasteiger partial charge in [0.2, 0.25) is 12.2 Å². The number of hydrogen-bond acceptors (Lipinski definition) is 10. The highest BCUT2D eigenvalue weighted by Crippen LogP contribution is 2.29. The maximum Gasteiger partial charge on any atom is 0.305 e. The molecule has 1 N–H and O–H groups in total. The second-order valence-corrected chi connectivity index (χ2v) is 7.97. The van der Waals surface area contributed by atoms with Crippen LogP contribution in [0.2, 0.25) is 0 Å². The third-order valence-electron chi connectivity index (χ3n) is 5.27. The first-order valence-corrected chi connectivity index (χ1v) is 10.7. The minimum Gasteiger partial charge on any atom is -0.463 e. The second-order valence-electron chi connectivity index (χ2n) is 7.97. The molecule has 1 amide bonds. The molecule has 180 valence electrons. The zero-order chi connectivity index (χ0) is 23.8. The predicted octanol–water partition coefficient (Wildman–Crippen LogP) is 0.766. The van der Waals surface area contributed by atoms with Crippen LogP contribution in [0.4, 0.5) is 0 Å². The highest BCUT2D eigenvalue weighted by molar-refractivity contribution is 5.79. The van der Waals surface area contributed by atoms with Gasteiger partial charge in [0.05, 0.1) is 0 Å². The van der Waals surface area contributed by atoms with Crippen molar-refractivity contribution >= 4 is 29.8 Å². The van der Waals surface area contributed by atoms with E-state index in [4.69, 9.17) is 23.7 Å². The zero-order valence-electron chi connectivity index (χ0n) is 18.8. The van der Waals surface area contributed by atoms with Gasteiger partial charge in [-0.3, -0.25) is 24.0 Å². The fourth-order valence-electron chi connectivity index (χ4n) is 3.97. The Labute approximate surface area is 186 Å². The summed E-state index contributed by atoms with van der Waals surface area (Å²) in [4.78, 5) is 59.6. The fourth-order valence-corrected chi connectivity index (χ4v) is 3.97. The smallest absolute Gasteiger partial charge is 0.305 e. The monoisotopic (exact) mass is 457 g/mol. The van der Waals surface area contributed by atoms with Crippen LogP contribution in [0, 0.1) is 5.92 Å². The fraction of sp³-hybridized carbons (Fsp3) is 0.762. The van der Waals surface area contributed by atoms with Crippen molar-refractivity contribution in [3.8, 4) is 0 Å². The number of carbonyl (C=O) groups is 5. The van der Waals surface area contributed by atoms with Gasteiger partial charge in [0.15, 0.2) is 12.2 Å². The second kappa shape index (κ2) is 11.8. The molecule has 0 aromatic carbocycles. The summed E-state index contributed by atoms with van der Waals surface area (Å²) in [5.41, 5.74) is 0. The molecule has 0 bridgehead atoms. The molecule has 0 aromatic heterocycles. The number of nitrogens with one attached hydrogen (secondary N) is 1. The lowest BCUT2D eigenvalue weighted by Crippen LogP contribution is -2.67. The van der Waals surface area contributed by atoms with E-state index in [1.807, 2.05) is 0 Å². The lowest BCUT2D eigenvalue weighted by Gasteiger charge is -2.44. The Balaban J connectivity index is 2.37. The maximum atomic E-state index is 12.9. The number of esters is 4. The molecule has 2 rings (SSSR count). The van der Waals surface area contributed by atoms with Crippen molar-refractivity contribution in [3.63, 3.8) is 0 Å². The normalized spacial score (nSPS) is 28.2. The maximum absolute atomic E-state index is 12.9. The van der Waals surface area contributed by atoms with Crippen molar-refractivity contribution in [3.05, 3.63) is 0 Å². The van der Waals surface area contributed by atoms with Crippen LogP contribution in [0.1, 0.15) is 59.8 Å². The predicted molar refractivity (Wildman–Crippen MR) is 107 cm³/mol. The molecule has 0 spiro atoms. The summed E-state index contributed by atoms with van der Waals surface area (Å²) in [6.45, 7) is 4.29. The summed E-state index contributed by atoms with van der Waals surface area (Å²) in [5, 5.41) is 2.77. The molecule has 2 fully saturated rings. The number of amides is 1. The summed E-state index contributed by atoms with van der Waals surface area (Å²) < 4.78 is 26.8. The molecular weight excluding hydrogens is 426 g/mol. The van der Waals surface area contributed by atoms with Crippen molar-refractivity contribution in [2.75, 3.05) is 6.61 Å². The van der Waals surface area contributed by atoms with E-state index in [-0.39, 0.29) is 18.4 Å². The summed E-state index contributed by atoms with van der Waals surface area (Å²) in [6.07, 6.45) is -0.648. The summed E-state index contributed by atoms with van der Waals surface area (Å²) >= 11 is 0. The Hall–Kier alpha value is -2.69. The SMILES string of the molecule is CC(=O)OCC1OC(OC(C)=O)[C@@H](NC(=O)C2CCCCC2)[C@@H](OC(C)=O)[C@H]1OC(C)=O. The third kappa shape index (κ3) is 7.47. The van der Waals surface area contributed by atoms with E-state index < -0.39 is 54.5 Å². The summed E-state index contributed by atoms with van der Waals surface area (Å²) in [5.74, 6) is -3.27. The highest BCUT2D eigenvalue weighted by Gasteiger charge is 2.52. The molecule has 5 atom stereocenters. The van der Waals surface area contributed by atoms with Gasteiger partial charge in [-0.25, -0.2) is 0 Å². The molecule has 0 radical (unpaired) electrons. The first-order valence-electron chi connectivity index (χ1n) is 10.7. The van der Waals surface area contributed by atoms with Crippen molar-refractivity contribution in [2.45, 2.75) is 90.4 Å². The molecule has 1 aliphatic heterocycles. The van der Waals surface area contributed by atoms with Crippen molar-refractivity contribution < 1.29 is 47.7 Å². The van der Waals surface area contributed by atoms with Gasteiger partial charge in [0.25, 0.3) is 0 Å². The van der Waals surface area contributed by atoms with Gasteiger partial charge in [-0.2, -0.15) is 0 Å². The Bertz CT molecular complexity index is 717. The lowest BCUT2D eigenvalue weighted by atomic mass is 9.88. The Kier molecular flexibility index (Phi) is 9.42. The molecule has 32 heavy (non-hydrogen) atoms. The van der Waals surface area contributed by atoms with Gasteiger partial charge >= 0.3 is 23.9 Å². The van der Waals surface area contributed by atoms with Crippen LogP contribution < -0.4 is 5.32 Å². The number of rotatable bonds is 7. The molecule has 2 unspecified atom stereocenters. The van der Waals surface area contributed by atoms with Gasteiger partial charge in [-0.15, -0.1) is 0 Å². The van der Waals surface area contributed by atoms with Gasteiger partial charge in [-0.1, -0.05) is 19.3 Å². The highest BCUT2D eigenvalue weighted by atomic mass is 16.7. The third-order valence-corrected chi connectivity index (χ3v) is 5.27. The van der Waals surface area contributed by atoms with Gasteiger partial charge in [-0.05, 0) is 12.8 Å². The molecule has 1 aliphatic carbocycles. The van der Waals surface area contributed by atoms with Crippen molar-refractivity contribution in [1.82, 2.24) is 5.32 Å². The van der Waals surface area contributed by atoms with Crippen LogP contribution in [0.3, 0.4) is 0 Å². The first kappa shape index (κ1) is 25.6. The number of carbonyl (C=O) groups excluding carboxylic acids is 5. The van der Waals surface area contributed by atoms with E-state index in [9.17, 15) is 24.0 Å². The molecule has 0 aromatic rings. The number of hydrogen-bond donors (Lipinski definition) is 1. The van der Waals surface area contributed by atoms with Crippen LogP contribution >= 0.6 is 0 Å². The molecular formula is C21H31NO10. The van der Waals surface area contributed by atoms with Gasteiger partial charge in [0.1, 0.15) is 18.8 Å². The molecule has 1 saturated carbocycles. The van der Waals surface area contributed by atoms with E-state index >= 15 is 0 Å². The van der Waals surface area contributed by atoms with Crippen LogP contribution in [0.15, 0.2) is 0 Å². The van der Waals surface area contributed by atoms with Gasteiger partial charge in [0, 0.05) is 33.6 Å². The summed E-state index contributed by atoms with van der Waals surface area (Å²) in [6, 6.07) is -1.14. The van der Waals surface area contributed by atoms with Crippen molar-refractivity contribution in [2.24, 2.45) is 5.92 Å². The Morgan fingerprint density at radius 1 is 0.781 bits per heavy atom. The van der Waals surface area contributed by atoms with Crippen LogP contribution in [-0.4, -0.2) is 67.0 Å². The van der Waals surface area contributed by atoms with E-state index in [0.29, 0.717) is 12.8 Å². The molecule has 1 saturated heterocycles. The Morgan fingerprint density at radius 3 is 1.88 bits per heavy atom. The van der Waals surface area contributed by atoms with Crippen molar-refractivity contribution in [1.29, 1.82) is 0 Å². The molecule has 11 nitrogen and oxygen atoms in total. The summed E-state index contributed by atoms with van der Waals surface area (Å²) in [7, 11) is 0. The Morgan fingerprint density at radius 2 is 1.34 bits per heavy atom. The van der Waals surface area contributed by atoms with E-state index in [1.165, 1.54) is 6.92 Å². The topological polar surface area (TPSA) is 144 Å². The minimum absolute atomic E-state index is 0.245. The molecule has 2 aliphatic rings. The van der Waals surface area contributed by atoms with Crippen LogP contribution in [0.5, 0.6) is 0 Å². The average molecular weight is 457 g/mol. The molecule has 1 heterocycles. The van der Waals surface area contributed by atoms with E-state index in [0.717, 1.165) is 40.0 Å². The first-order chi connectivity index (χ1) is 15.1. The minimum atomic E-state index is -1.36. The largest absolute Gasteiger partial charge is 0.463 e. The molecule has 11 heteroatoms. The zero-order valence-corrected chi connectivity index (χ0v) is 18.8. The van der Waals surface area contributed by atoms with E-state index in [1.54, 1.807) is 0 Å².